The van der Waals surface area contributed by atoms with E-state index in [1.807, 2.05) is 24.4 Å². The summed E-state index contributed by atoms with van der Waals surface area (Å²) in [7, 11) is 1.77. The van der Waals surface area contributed by atoms with Gasteiger partial charge in [-0.2, -0.15) is 0 Å². The first kappa shape index (κ1) is 9.92. The third-order valence-electron chi connectivity index (χ3n) is 2.37. The lowest BCUT2D eigenvalue weighted by molar-refractivity contribution is -0.432. The summed E-state index contributed by atoms with van der Waals surface area (Å²) in [5, 5.41) is 4.57. The summed E-state index contributed by atoms with van der Waals surface area (Å²) in [5.74, 6) is 0.225. The van der Waals surface area contributed by atoms with Crippen molar-refractivity contribution in [3.05, 3.63) is 27.6 Å². The van der Waals surface area contributed by atoms with E-state index in [2.05, 4.69) is 5.32 Å². The molecule has 4 nitrogen and oxygen atoms in total. The predicted molar refractivity (Wildman–Crippen MR) is 60.6 cm³/mol. The molecule has 0 aromatic carbocycles. The Labute approximate surface area is 91.7 Å². The van der Waals surface area contributed by atoms with Crippen molar-refractivity contribution in [3.8, 4) is 0 Å². The highest BCUT2D eigenvalue weighted by Crippen LogP contribution is 2.20. The Balaban J connectivity index is 2.44. The van der Waals surface area contributed by atoms with Crippen LogP contribution in [-0.2, 0) is 4.79 Å². The minimum Gasteiger partial charge on any atom is -0.290 e. The van der Waals surface area contributed by atoms with Gasteiger partial charge in [-0.25, -0.2) is 14.7 Å². The van der Waals surface area contributed by atoms with Crippen LogP contribution in [0.3, 0.4) is 0 Å². The fourth-order valence-electron chi connectivity index (χ4n) is 1.37. The number of rotatable bonds is 1. The van der Waals surface area contributed by atoms with Crippen LogP contribution in [0.15, 0.2) is 17.1 Å². The van der Waals surface area contributed by atoms with Crippen molar-refractivity contribution in [3.63, 3.8) is 0 Å². The summed E-state index contributed by atoms with van der Waals surface area (Å²) in [6.07, 6.45) is 1.86. The van der Waals surface area contributed by atoms with E-state index in [4.69, 9.17) is 5.73 Å². The van der Waals surface area contributed by atoms with Crippen LogP contribution in [0.1, 0.15) is 10.4 Å². The number of thiophene rings is 1. The second-order valence-corrected chi connectivity index (χ2v) is 4.34. The molecule has 1 amide bonds. The Morgan fingerprint density at radius 3 is 2.80 bits per heavy atom. The minimum atomic E-state index is -0.150. The van der Waals surface area contributed by atoms with E-state index in [-0.39, 0.29) is 5.91 Å². The molecule has 2 rings (SSSR count). The second-order valence-electron chi connectivity index (χ2n) is 3.40. The summed E-state index contributed by atoms with van der Waals surface area (Å²) >= 11 is 1.61. The highest BCUT2D eigenvalue weighted by atomic mass is 32.1. The molecule has 0 saturated heterocycles. The number of carbonyl (C=O) groups excluding carboxylic acids is 1. The maximum Gasteiger partial charge on any atom is 0.356 e. The number of nitrogens with zero attached hydrogens (tertiary/aromatic N) is 1. The zero-order chi connectivity index (χ0) is 11.0. The molecule has 0 bridgehead atoms. The Morgan fingerprint density at radius 2 is 2.33 bits per heavy atom. The molecule has 0 unspecified atom stereocenters. The number of likely N-dealkylation sites (N-methyl/N-ethyl adjacent to an activating group) is 1. The molecule has 78 valence electrons. The molecule has 1 aromatic heterocycles. The van der Waals surface area contributed by atoms with E-state index < -0.39 is 0 Å². The zero-order valence-electron chi connectivity index (χ0n) is 8.57. The first-order chi connectivity index (χ1) is 7.09. The second kappa shape index (κ2) is 3.51. The van der Waals surface area contributed by atoms with Crippen LogP contribution in [0.25, 0.3) is 6.08 Å². The van der Waals surface area contributed by atoms with Crippen LogP contribution < -0.4 is 11.1 Å². The molecule has 1 aliphatic heterocycles. The first-order valence-corrected chi connectivity index (χ1v) is 5.41. The number of hydrogen-bond acceptors (Lipinski definition) is 3. The third-order valence-corrected chi connectivity index (χ3v) is 3.33. The average molecular weight is 222 g/mol. The first-order valence-electron chi connectivity index (χ1n) is 4.53. The standard InChI is InChI=1S/C10H11N3OS/c1-6-3-4-15-8(6)5-7-9(14)12-10(11)13(7)2/h3-5H,1-2H3,(H2,11,12,14)/p+1/b7-5-. The number of nitrogens with two attached hydrogens (primary N) is 1. The van der Waals surface area contributed by atoms with Crippen LogP contribution in [0.4, 0.5) is 0 Å². The van der Waals surface area contributed by atoms with Gasteiger partial charge in [0.1, 0.15) is 0 Å². The van der Waals surface area contributed by atoms with Gasteiger partial charge in [0.15, 0.2) is 5.70 Å². The number of aryl methyl sites for hydroxylation is 1. The van der Waals surface area contributed by atoms with Crippen molar-refractivity contribution < 1.29 is 9.37 Å². The molecular formula is C10H12N3OS+. The Hall–Kier alpha value is -1.62. The lowest BCUT2D eigenvalue weighted by atomic mass is 10.2. The number of hydrogen-bond donors (Lipinski definition) is 2. The Morgan fingerprint density at radius 1 is 1.60 bits per heavy atom. The number of amides is 1. The number of carbonyl (C=O) groups is 1. The third kappa shape index (κ3) is 1.66. The van der Waals surface area contributed by atoms with Crippen LogP contribution in [0.5, 0.6) is 0 Å². The van der Waals surface area contributed by atoms with Crippen molar-refractivity contribution in [2.24, 2.45) is 5.73 Å². The van der Waals surface area contributed by atoms with Gasteiger partial charge in [-0.05, 0) is 23.9 Å². The molecule has 0 atom stereocenters. The van der Waals surface area contributed by atoms with E-state index in [9.17, 15) is 4.79 Å². The Bertz CT molecular complexity index is 485. The maximum atomic E-state index is 11.5. The largest absolute Gasteiger partial charge is 0.356 e. The van der Waals surface area contributed by atoms with E-state index in [0.29, 0.717) is 11.7 Å². The van der Waals surface area contributed by atoms with Crippen molar-refractivity contribution in [1.82, 2.24) is 5.32 Å². The molecule has 0 radical (unpaired) electrons. The molecule has 5 heteroatoms. The van der Waals surface area contributed by atoms with E-state index in [1.165, 1.54) is 5.56 Å². The van der Waals surface area contributed by atoms with Gasteiger partial charge in [-0.1, -0.05) is 0 Å². The van der Waals surface area contributed by atoms with Gasteiger partial charge in [0, 0.05) is 11.0 Å². The maximum absolute atomic E-state index is 11.5. The fraction of sp³-hybridized carbons (Fsp3) is 0.200. The van der Waals surface area contributed by atoms with Gasteiger partial charge in [0.2, 0.25) is 0 Å². The van der Waals surface area contributed by atoms with E-state index in [1.54, 1.807) is 23.0 Å². The molecule has 1 aromatic rings. The van der Waals surface area contributed by atoms with Crippen LogP contribution in [0, 0.1) is 6.92 Å². The van der Waals surface area contributed by atoms with E-state index in [0.717, 1.165) is 4.88 Å². The van der Waals surface area contributed by atoms with Gasteiger partial charge in [-0.15, -0.1) is 11.3 Å². The zero-order valence-corrected chi connectivity index (χ0v) is 9.39. The molecule has 0 fully saturated rings. The SMILES string of the molecule is Cc1ccsc1/C=C1/C(=O)NC(N)=[N+]1C. The highest BCUT2D eigenvalue weighted by Gasteiger charge is 2.29. The van der Waals surface area contributed by atoms with Crippen molar-refractivity contribution in [2.75, 3.05) is 7.05 Å². The average Bonchev–Trinajstić information content (AvgIpc) is 2.67. The predicted octanol–water partition coefficient (Wildman–Crippen LogP) is 0.484. The van der Waals surface area contributed by atoms with Gasteiger partial charge >= 0.3 is 11.9 Å². The Kier molecular flexibility index (Phi) is 2.32. The number of nitrogens with one attached hydrogen (secondary N) is 1. The molecular weight excluding hydrogens is 210 g/mol. The summed E-state index contributed by atoms with van der Waals surface area (Å²) in [6, 6.07) is 2.02. The topological polar surface area (TPSA) is 58.1 Å². The summed E-state index contributed by atoms with van der Waals surface area (Å²) in [4.78, 5) is 12.6. The van der Waals surface area contributed by atoms with Gasteiger partial charge < -0.3 is 0 Å². The highest BCUT2D eigenvalue weighted by molar-refractivity contribution is 7.11. The van der Waals surface area contributed by atoms with Crippen LogP contribution in [-0.4, -0.2) is 23.5 Å². The molecule has 0 spiro atoms. The van der Waals surface area contributed by atoms with Crippen molar-refractivity contribution >= 4 is 29.3 Å². The van der Waals surface area contributed by atoms with Crippen LogP contribution >= 0.6 is 11.3 Å². The minimum absolute atomic E-state index is 0.150. The van der Waals surface area contributed by atoms with Crippen molar-refractivity contribution in [2.45, 2.75) is 6.92 Å². The summed E-state index contributed by atoms with van der Waals surface area (Å²) in [6.45, 7) is 2.02. The van der Waals surface area contributed by atoms with Gasteiger partial charge in [0.25, 0.3) is 0 Å². The van der Waals surface area contributed by atoms with Crippen molar-refractivity contribution in [1.29, 1.82) is 0 Å². The molecule has 2 heterocycles. The van der Waals surface area contributed by atoms with Crippen LogP contribution in [0.2, 0.25) is 0 Å². The van der Waals surface area contributed by atoms with E-state index >= 15 is 0 Å². The summed E-state index contributed by atoms with van der Waals surface area (Å²) < 4.78 is 1.65. The molecule has 3 N–H and O–H groups in total. The molecule has 15 heavy (non-hydrogen) atoms. The van der Waals surface area contributed by atoms with Gasteiger partial charge in [-0.3, -0.25) is 5.73 Å². The number of guanidine groups is 1. The fourth-order valence-corrected chi connectivity index (χ4v) is 2.22. The smallest absolute Gasteiger partial charge is 0.290 e. The summed E-state index contributed by atoms with van der Waals surface area (Å²) in [5.41, 5.74) is 7.35. The molecule has 0 aliphatic carbocycles. The monoisotopic (exact) mass is 222 g/mol. The molecule has 0 saturated carbocycles. The quantitative estimate of drug-likeness (QED) is 0.536. The normalized spacial score (nSPS) is 18.8. The molecule has 1 aliphatic rings. The lowest BCUT2D eigenvalue weighted by Gasteiger charge is -1.95. The lowest BCUT2D eigenvalue weighted by Crippen LogP contribution is -2.32. The van der Waals surface area contributed by atoms with Gasteiger partial charge in [0.05, 0.1) is 7.05 Å².